The summed E-state index contributed by atoms with van der Waals surface area (Å²) in [5.41, 5.74) is -0.180. The van der Waals surface area contributed by atoms with Crippen molar-refractivity contribution in [3.8, 4) is 5.75 Å². The summed E-state index contributed by atoms with van der Waals surface area (Å²) in [6, 6.07) is 2.71. The third-order valence-electron chi connectivity index (χ3n) is 4.83. The van der Waals surface area contributed by atoms with E-state index in [9.17, 15) is 34.5 Å². The average Bonchev–Trinajstić information content (AvgIpc) is 2.71. The lowest BCUT2D eigenvalue weighted by molar-refractivity contribution is -0.152. The average molecular weight is 455 g/mol. The molecule has 0 saturated carbocycles. The highest BCUT2D eigenvalue weighted by atomic mass is 35.5. The number of benzene rings is 1. The first-order chi connectivity index (χ1) is 14.0. The number of fused-ring (bicyclic) bond motifs is 1. The number of carboxylic acid groups (broad SMARTS) is 1. The Morgan fingerprint density at radius 2 is 1.97 bits per heavy atom. The van der Waals surface area contributed by atoms with Gasteiger partial charge >= 0.3 is 5.97 Å². The van der Waals surface area contributed by atoms with Crippen LogP contribution in [-0.4, -0.2) is 61.0 Å². The van der Waals surface area contributed by atoms with Crippen molar-refractivity contribution in [3.05, 3.63) is 40.1 Å². The van der Waals surface area contributed by atoms with Gasteiger partial charge in [-0.25, -0.2) is 4.79 Å². The molecule has 2 unspecified atom stereocenters. The van der Waals surface area contributed by atoms with E-state index in [0.717, 1.165) is 4.90 Å². The van der Waals surface area contributed by atoms with Gasteiger partial charge in [0.25, 0.3) is 11.8 Å². The van der Waals surface area contributed by atoms with E-state index < -0.39 is 41.2 Å². The molecule has 4 N–H and O–H groups in total. The molecule has 0 bridgehead atoms. The SMILES string of the molecule is CC(C)C(=O)C1=C(C(=O)O)N2C(=O)C(NC(=O)C(O)c3ccc(O)c(Cl)c3)[C@@H]2SC1. The quantitative estimate of drug-likeness (QED) is 0.467. The van der Waals surface area contributed by atoms with E-state index in [1.54, 1.807) is 13.8 Å². The number of phenols is 1. The maximum Gasteiger partial charge on any atom is 0.353 e. The molecule has 2 amide bonds. The minimum absolute atomic E-state index is 0.0494. The number of aliphatic hydroxyl groups excluding tert-OH is 1. The molecule has 0 spiro atoms. The van der Waals surface area contributed by atoms with Gasteiger partial charge < -0.3 is 20.6 Å². The molecule has 9 nitrogen and oxygen atoms in total. The number of aliphatic hydroxyl groups is 1. The number of thioether (sulfide) groups is 1. The van der Waals surface area contributed by atoms with Gasteiger partial charge in [0.1, 0.15) is 22.9 Å². The van der Waals surface area contributed by atoms with Gasteiger partial charge in [-0.15, -0.1) is 11.8 Å². The maximum atomic E-state index is 12.6. The highest BCUT2D eigenvalue weighted by molar-refractivity contribution is 8.00. The van der Waals surface area contributed by atoms with Gasteiger partial charge in [0.2, 0.25) is 0 Å². The molecule has 0 aromatic heterocycles. The summed E-state index contributed by atoms with van der Waals surface area (Å²) in [4.78, 5) is 50.1. The van der Waals surface area contributed by atoms with E-state index in [2.05, 4.69) is 5.32 Å². The summed E-state index contributed by atoms with van der Waals surface area (Å²) in [6.45, 7) is 3.28. The van der Waals surface area contributed by atoms with Crippen LogP contribution in [0.25, 0.3) is 0 Å². The van der Waals surface area contributed by atoms with Crippen LogP contribution >= 0.6 is 23.4 Å². The Bertz CT molecular complexity index is 978. The molecule has 1 saturated heterocycles. The smallest absolute Gasteiger partial charge is 0.353 e. The highest BCUT2D eigenvalue weighted by Gasteiger charge is 2.55. The van der Waals surface area contributed by atoms with Crippen LogP contribution in [0.1, 0.15) is 25.5 Å². The second kappa shape index (κ2) is 8.29. The Morgan fingerprint density at radius 1 is 1.30 bits per heavy atom. The van der Waals surface area contributed by atoms with Crippen molar-refractivity contribution in [1.82, 2.24) is 10.2 Å². The number of nitrogens with one attached hydrogen (secondary N) is 1. The van der Waals surface area contributed by atoms with E-state index in [0.29, 0.717) is 0 Å². The first-order valence-electron chi connectivity index (χ1n) is 8.96. The minimum Gasteiger partial charge on any atom is -0.506 e. The third kappa shape index (κ3) is 3.78. The van der Waals surface area contributed by atoms with Crippen molar-refractivity contribution < 1.29 is 34.5 Å². The van der Waals surface area contributed by atoms with Crippen LogP contribution < -0.4 is 5.32 Å². The zero-order valence-electron chi connectivity index (χ0n) is 16.0. The van der Waals surface area contributed by atoms with Crippen LogP contribution in [0, 0.1) is 5.92 Å². The predicted octanol–water partition coefficient (Wildman–Crippen LogP) is 1.04. The predicted molar refractivity (Wildman–Crippen MR) is 108 cm³/mol. The highest BCUT2D eigenvalue weighted by Crippen LogP contribution is 2.41. The molecular formula is C19H19ClN2O7S. The number of Topliss-reactive ketones (excluding diaryl/α,β-unsaturated/α-hetero) is 1. The summed E-state index contributed by atoms with van der Waals surface area (Å²) in [5.74, 6) is -3.83. The number of phenolic OH excluding ortho intramolecular Hbond substituents is 1. The fourth-order valence-corrected chi connectivity index (χ4v) is 4.77. The molecule has 1 fully saturated rings. The standard InChI is InChI=1S/C19H19ClN2O7S/c1-7(2)14(24)9-6-30-18-12(17(27)22(18)13(9)19(28)29)21-16(26)15(25)8-3-4-11(23)10(20)5-8/h3-5,7,12,15,18,23,25H,6H2,1-2H3,(H,21,26)(H,28,29)/t12?,15?,18-/m0/s1. The van der Waals surface area contributed by atoms with E-state index >= 15 is 0 Å². The zero-order valence-corrected chi connectivity index (χ0v) is 17.5. The number of nitrogens with zero attached hydrogens (tertiary/aromatic N) is 1. The number of carbonyl (C=O) groups excluding carboxylic acids is 3. The minimum atomic E-state index is -1.65. The van der Waals surface area contributed by atoms with Gasteiger partial charge in [-0.1, -0.05) is 31.5 Å². The Kier molecular flexibility index (Phi) is 6.11. The maximum absolute atomic E-state index is 12.6. The van der Waals surface area contributed by atoms with Crippen molar-refractivity contribution in [3.63, 3.8) is 0 Å². The van der Waals surface area contributed by atoms with E-state index in [1.807, 2.05) is 0 Å². The Hall–Kier alpha value is -2.56. The molecule has 11 heteroatoms. The normalized spacial score (nSPS) is 21.8. The number of halogens is 1. The summed E-state index contributed by atoms with van der Waals surface area (Å²) in [7, 11) is 0. The van der Waals surface area contributed by atoms with Crippen LogP contribution in [0.15, 0.2) is 29.5 Å². The first-order valence-corrected chi connectivity index (χ1v) is 10.4. The van der Waals surface area contributed by atoms with E-state index in [4.69, 9.17) is 11.6 Å². The molecule has 1 aromatic rings. The molecule has 3 atom stereocenters. The number of carboxylic acids is 1. The van der Waals surface area contributed by atoms with Crippen molar-refractivity contribution in [2.24, 2.45) is 5.92 Å². The van der Waals surface area contributed by atoms with Crippen molar-refractivity contribution in [2.75, 3.05) is 5.75 Å². The molecule has 1 aromatic carbocycles. The molecule has 160 valence electrons. The Labute approximate surface area is 180 Å². The number of aromatic hydroxyl groups is 1. The molecule has 30 heavy (non-hydrogen) atoms. The Balaban J connectivity index is 1.78. The summed E-state index contributed by atoms with van der Waals surface area (Å²) in [5, 5.41) is 30.9. The number of amides is 2. The monoisotopic (exact) mass is 454 g/mol. The lowest BCUT2D eigenvalue weighted by atomic mass is 9.96. The number of aliphatic carboxylic acids is 1. The molecule has 3 rings (SSSR count). The summed E-state index contributed by atoms with van der Waals surface area (Å²) < 4.78 is 0. The van der Waals surface area contributed by atoms with Gasteiger partial charge in [0.15, 0.2) is 11.9 Å². The van der Waals surface area contributed by atoms with E-state index in [1.165, 1.54) is 30.0 Å². The largest absolute Gasteiger partial charge is 0.506 e. The van der Waals surface area contributed by atoms with Crippen molar-refractivity contribution >= 4 is 46.9 Å². The number of carbonyl (C=O) groups is 4. The van der Waals surface area contributed by atoms with Crippen LogP contribution in [0.3, 0.4) is 0 Å². The van der Waals surface area contributed by atoms with Crippen molar-refractivity contribution in [2.45, 2.75) is 31.4 Å². The second-order valence-corrected chi connectivity index (χ2v) is 8.67. The number of ketones is 1. The fraction of sp³-hybridized carbons (Fsp3) is 0.368. The van der Waals surface area contributed by atoms with Gasteiger partial charge in [0, 0.05) is 17.2 Å². The first kappa shape index (κ1) is 22.1. The van der Waals surface area contributed by atoms with Gasteiger partial charge in [-0.05, 0) is 17.7 Å². The number of hydrogen-bond acceptors (Lipinski definition) is 7. The zero-order chi connectivity index (χ0) is 22.3. The van der Waals surface area contributed by atoms with Gasteiger partial charge in [0.05, 0.1) is 5.02 Å². The molecule has 0 radical (unpaired) electrons. The lowest BCUT2D eigenvalue weighted by Crippen LogP contribution is -2.71. The Morgan fingerprint density at radius 3 is 2.53 bits per heavy atom. The van der Waals surface area contributed by atoms with Gasteiger partial charge in [-0.3, -0.25) is 19.3 Å². The molecule has 0 aliphatic carbocycles. The van der Waals surface area contributed by atoms with Gasteiger partial charge in [-0.2, -0.15) is 0 Å². The molecular weight excluding hydrogens is 436 g/mol. The number of rotatable bonds is 6. The van der Waals surface area contributed by atoms with E-state index in [-0.39, 0.29) is 39.1 Å². The van der Waals surface area contributed by atoms with Crippen LogP contribution in [0.2, 0.25) is 5.02 Å². The molecule has 2 aliphatic heterocycles. The lowest BCUT2D eigenvalue weighted by Gasteiger charge is -2.49. The fourth-order valence-electron chi connectivity index (χ4n) is 3.23. The van der Waals surface area contributed by atoms with Crippen LogP contribution in [-0.2, 0) is 19.2 Å². The van der Waals surface area contributed by atoms with Crippen LogP contribution in [0.4, 0.5) is 0 Å². The van der Waals surface area contributed by atoms with Crippen molar-refractivity contribution in [1.29, 1.82) is 0 Å². The number of hydrogen-bond donors (Lipinski definition) is 4. The van der Waals surface area contributed by atoms with Crippen LogP contribution in [0.5, 0.6) is 5.75 Å². The number of β-lactam (4-membered cyclic amide) rings is 1. The molecule has 2 aliphatic rings. The topological polar surface area (TPSA) is 144 Å². The summed E-state index contributed by atoms with van der Waals surface area (Å²) in [6.07, 6.45) is -1.65. The summed E-state index contributed by atoms with van der Waals surface area (Å²) >= 11 is 6.95. The second-order valence-electron chi connectivity index (χ2n) is 7.16. The third-order valence-corrected chi connectivity index (χ3v) is 6.41. The molecule has 2 heterocycles.